The second kappa shape index (κ2) is 5.83. The standard InChI is InChI=1S/C14H20BrN/c1-2-11-7-8-13(9-11)16-10-12-5-3-4-6-14(12)15/h3-6,11,13,16H,2,7-10H2,1H3. The van der Waals surface area contributed by atoms with Crippen molar-refractivity contribution < 1.29 is 0 Å². The molecule has 1 aliphatic carbocycles. The molecule has 0 amide bonds. The highest BCUT2D eigenvalue weighted by Crippen LogP contribution is 2.28. The minimum atomic E-state index is 0.733. The third kappa shape index (κ3) is 3.08. The van der Waals surface area contributed by atoms with Gasteiger partial charge < -0.3 is 5.32 Å². The normalized spacial score (nSPS) is 24.9. The molecule has 2 rings (SSSR count). The van der Waals surface area contributed by atoms with Crippen LogP contribution in [0.25, 0.3) is 0 Å². The number of rotatable bonds is 4. The van der Waals surface area contributed by atoms with Crippen LogP contribution in [0.1, 0.15) is 38.2 Å². The lowest BCUT2D eigenvalue weighted by Gasteiger charge is -2.13. The summed E-state index contributed by atoms with van der Waals surface area (Å²) < 4.78 is 1.22. The van der Waals surface area contributed by atoms with Crippen LogP contribution in [0.3, 0.4) is 0 Å². The highest BCUT2D eigenvalue weighted by atomic mass is 79.9. The molecule has 0 aliphatic heterocycles. The van der Waals surface area contributed by atoms with E-state index in [0.717, 1.165) is 18.5 Å². The fourth-order valence-electron chi connectivity index (χ4n) is 2.53. The van der Waals surface area contributed by atoms with Crippen LogP contribution in [0.15, 0.2) is 28.7 Å². The first kappa shape index (κ1) is 12.1. The van der Waals surface area contributed by atoms with Crippen LogP contribution in [-0.4, -0.2) is 6.04 Å². The van der Waals surface area contributed by atoms with E-state index in [9.17, 15) is 0 Å². The van der Waals surface area contributed by atoms with Gasteiger partial charge in [-0.25, -0.2) is 0 Å². The third-order valence-corrected chi connectivity index (χ3v) is 4.43. The Morgan fingerprint density at radius 3 is 2.81 bits per heavy atom. The first-order valence-electron chi connectivity index (χ1n) is 6.26. The zero-order valence-electron chi connectivity index (χ0n) is 9.88. The van der Waals surface area contributed by atoms with Crippen molar-refractivity contribution in [2.24, 2.45) is 5.92 Å². The molecule has 88 valence electrons. The average Bonchev–Trinajstić information content (AvgIpc) is 2.76. The lowest BCUT2D eigenvalue weighted by Crippen LogP contribution is -2.26. The molecular weight excluding hydrogens is 262 g/mol. The fourth-order valence-corrected chi connectivity index (χ4v) is 2.95. The molecule has 1 aliphatic rings. The maximum Gasteiger partial charge on any atom is 0.0220 e. The molecule has 0 bridgehead atoms. The van der Waals surface area contributed by atoms with Crippen molar-refractivity contribution in [3.63, 3.8) is 0 Å². The number of halogens is 1. The number of nitrogens with one attached hydrogen (secondary N) is 1. The molecule has 0 heterocycles. The summed E-state index contributed by atoms with van der Waals surface area (Å²) in [4.78, 5) is 0. The van der Waals surface area contributed by atoms with E-state index in [2.05, 4.69) is 52.4 Å². The Hall–Kier alpha value is -0.340. The Kier molecular flexibility index (Phi) is 4.42. The molecule has 1 nitrogen and oxygen atoms in total. The molecule has 1 aromatic rings. The van der Waals surface area contributed by atoms with Gasteiger partial charge in [-0.3, -0.25) is 0 Å². The van der Waals surface area contributed by atoms with E-state index in [1.165, 1.54) is 35.7 Å². The monoisotopic (exact) mass is 281 g/mol. The quantitative estimate of drug-likeness (QED) is 0.876. The molecular formula is C14H20BrN. The maximum absolute atomic E-state index is 3.67. The lowest BCUT2D eigenvalue weighted by molar-refractivity contribution is 0.476. The van der Waals surface area contributed by atoms with E-state index in [1.54, 1.807) is 0 Å². The third-order valence-electron chi connectivity index (χ3n) is 3.66. The van der Waals surface area contributed by atoms with Gasteiger partial charge in [-0.2, -0.15) is 0 Å². The molecule has 0 radical (unpaired) electrons. The molecule has 16 heavy (non-hydrogen) atoms. The minimum Gasteiger partial charge on any atom is -0.310 e. The van der Waals surface area contributed by atoms with Gasteiger partial charge in [0.15, 0.2) is 0 Å². The van der Waals surface area contributed by atoms with E-state index in [0.29, 0.717) is 0 Å². The molecule has 1 N–H and O–H groups in total. The first-order valence-corrected chi connectivity index (χ1v) is 7.05. The van der Waals surface area contributed by atoms with Crippen molar-refractivity contribution in [3.05, 3.63) is 34.3 Å². The van der Waals surface area contributed by atoms with Crippen molar-refractivity contribution in [2.45, 2.75) is 45.2 Å². The summed E-state index contributed by atoms with van der Waals surface area (Å²) in [5.41, 5.74) is 1.36. The maximum atomic E-state index is 3.67. The predicted molar refractivity (Wildman–Crippen MR) is 72.4 cm³/mol. The number of hydrogen-bond donors (Lipinski definition) is 1. The number of benzene rings is 1. The SMILES string of the molecule is CCC1CCC(NCc2ccccc2Br)C1. The summed E-state index contributed by atoms with van der Waals surface area (Å²) in [6.07, 6.45) is 5.46. The van der Waals surface area contributed by atoms with E-state index in [4.69, 9.17) is 0 Å². The highest BCUT2D eigenvalue weighted by Gasteiger charge is 2.22. The van der Waals surface area contributed by atoms with E-state index < -0.39 is 0 Å². The van der Waals surface area contributed by atoms with Crippen molar-refractivity contribution >= 4 is 15.9 Å². The van der Waals surface area contributed by atoms with Gasteiger partial charge in [0.1, 0.15) is 0 Å². The zero-order chi connectivity index (χ0) is 11.4. The summed E-state index contributed by atoms with van der Waals surface area (Å²) in [5, 5.41) is 3.67. The second-order valence-electron chi connectivity index (χ2n) is 4.76. The van der Waals surface area contributed by atoms with Crippen molar-refractivity contribution in [2.75, 3.05) is 0 Å². The van der Waals surface area contributed by atoms with Crippen LogP contribution < -0.4 is 5.32 Å². The molecule has 0 saturated heterocycles. The fraction of sp³-hybridized carbons (Fsp3) is 0.571. The van der Waals surface area contributed by atoms with Crippen molar-refractivity contribution in [1.82, 2.24) is 5.32 Å². The Bertz CT molecular complexity index is 337. The minimum absolute atomic E-state index is 0.733. The molecule has 2 atom stereocenters. The smallest absolute Gasteiger partial charge is 0.0220 e. The van der Waals surface area contributed by atoms with Gasteiger partial charge in [-0.15, -0.1) is 0 Å². The van der Waals surface area contributed by atoms with Gasteiger partial charge >= 0.3 is 0 Å². The lowest BCUT2D eigenvalue weighted by atomic mass is 10.1. The topological polar surface area (TPSA) is 12.0 Å². The van der Waals surface area contributed by atoms with Crippen LogP contribution in [0.5, 0.6) is 0 Å². The van der Waals surface area contributed by atoms with Gasteiger partial charge in [0.05, 0.1) is 0 Å². The highest BCUT2D eigenvalue weighted by molar-refractivity contribution is 9.10. The Balaban J connectivity index is 1.82. The summed E-state index contributed by atoms with van der Waals surface area (Å²) in [6, 6.07) is 9.20. The molecule has 1 fully saturated rings. The Morgan fingerprint density at radius 1 is 1.31 bits per heavy atom. The molecule has 2 heteroatoms. The first-order chi connectivity index (χ1) is 7.79. The van der Waals surface area contributed by atoms with Crippen molar-refractivity contribution in [3.8, 4) is 0 Å². The molecule has 1 saturated carbocycles. The molecule has 1 aromatic carbocycles. The van der Waals surface area contributed by atoms with Crippen LogP contribution >= 0.6 is 15.9 Å². The van der Waals surface area contributed by atoms with E-state index in [1.807, 2.05) is 0 Å². The van der Waals surface area contributed by atoms with Crippen LogP contribution in [0.4, 0.5) is 0 Å². The van der Waals surface area contributed by atoms with Gasteiger partial charge in [-0.05, 0) is 36.8 Å². The van der Waals surface area contributed by atoms with Gasteiger partial charge in [0.2, 0.25) is 0 Å². The van der Waals surface area contributed by atoms with Crippen molar-refractivity contribution in [1.29, 1.82) is 0 Å². The van der Waals surface area contributed by atoms with Gasteiger partial charge in [-0.1, -0.05) is 47.5 Å². The Labute approximate surface area is 107 Å². The average molecular weight is 282 g/mol. The molecule has 0 spiro atoms. The predicted octanol–water partition coefficient (Wildman–Crippen LogP) is 4.12. The van der Waals surface area contributed by atoms with Crippen LogP contribution in [0, 0.1) is 5.92 Å². The Morgan fingerprint density at radius 2 is 2.12 bits per heavy atom. The second-order valence-corrected chi connectivity index (χ2v) is 5.61. The van der Waals surface area contributed by atoms with Crippen LogP contribution in [-0.2, 0) is 6.54 Å². The summed E-state index contributed by atoms with van der Waals surface area (Å²) in [5.74, 6) is 0.955. The van der Waals surface area contributed by atoms with E-state index in [-0.39, 0.29) is 0 Å². The molecule has 0 aromatic heterocycles. The summed E-state index contributed by atoms with van der Waals surface area (Å²) in [7, 11) is 0. The summed E-state index contributed by atoms with van der Waals surface area (Å²) in [6.45, 7) is 3.29. The summed E-state index contributed by atoms with van der Waals surface area (Å²) >= 11 is 3.59. The van der Waals surface area contributed by atoms with E-state index >= 15 is 0 Å². The van der Waals surface area contributed by atoms with Gasteiger partial charge in [0.25, 0.3) is 0 Å². The molecule has 2 unspecified atom stereocenters. The number of hydrogen-bond acceptors (Lipinski definition) is 1. The zero-order valence-corrected chi connectivity index (χ0v) is 11.5. The van der Waals surface area contributed by atoms with Crippen LogP contribution in [0.2, 0.25) is 0 Å². The van der Waals surface area contributed by atoms with Gasteiger partial charge in [0, 0.05) is 17.1 Å². The largest absolute Gasteiger partial charge is 0.310 e.